The van der Waals surface area contributed by atoms with Crippen molar-refractivity contribution in [2.75, 3.05) is 27.2 Å². The molecule has 1 N–H and O–H groups in total. The minimum absolute atomic E-state index is 0.551. The van der Waals surface area contributed by atoms with Crippen LogP contribution in [0.1, 0.15) is 55.9 Å². The maximum atomic E-state index is 5.01. The summed E-state index contributed by atoms with van der Waals surface area (Å²) >= 11 is 0. The van der Waals surface area contributed by atoms with Crippen LogP contribution in [0, 0.1) is 5.92 Å². The molecule has 2 aliphatic rings. The van der Waals surface area contributed by atoms with Gasteiger partial charge in [-0.25, -0.2) is 4.98 Å². The van der Waals surface area contributed by atoms with E-state index in [9.17, 15) is 0 Å². The zero-order valence-electron chi connectivity index (χ0n) is 13.3. The lowest BCUT2D eigenvalue weighted by Crippen LogP contribution is -2.32. The van der Waals surface area contributed by atoms with Crippen molar-refractivity contribution in [1.29, 1.82) is 0 Å². The molecule has 3 rings (SSSR count). The van der Waals surface area contributed by atoms with Crippen LogP contribution in [0.25, 0.3) is 0 Å². The molecule has 2 heterocycles. The molecular formula is C16H28N4. The van der Waals surface area contributed by atoms with Gasteiger partial charge in [0.15, 0.2) is 0 Å². The van der Waals surface area contributed by atoms with E-state index < -0.39 is 0 Å². The first-order valence-corrected chi connectivity index (χ1v) is 8.03. The molecule has 1 unspecified atom stereocenters. The van der Waals surface area contributed by atoms with Gasteiger partial charge in [0.25, 0.3) is 0 Å². The van der Waals surface area contributed by atoms with Gasteiger partial charge in [0.1, 0.15) is 5.82 Å². The van der Waals surface area contributed by atoms with Crippen molar-refractivity contribution < 1.29 is 0 Å². The van der Waals surface area contributed by atoms with Crippen LogP contribution in [0.2, 0.25) is 0 Å². The zero-order valence-corrected chi connectivity index (χ0v) is 13.3. The van der Waals surface area contributed by atoms with E-state index in [2.05, 4.69) is 42.7 Å². The molecule has 0 amide bonds. The molecule has 0 radical (unpaired) electrons. The van der Waals surface area contributed by atoms with Crippen LogP contribution < -0.4 is 5.32 Å². The monoisotopic (exact) mass is 276 g/mol. The van der Waals surface area contributed by atoms with Crippen molar-refractivity contribution in [3.8, 4) is 0 Å². The first-order valence-electron chi connectivity index (χ1n) is 8.03. The van der Waals surface area contributed by atoms with Gasteiger partial charge in [0, 0.05) is 37.7 Å². The molecule has 0 bridgehead atoms. The van der Waals surface area contributed by atoms with Crippen molar-refractivity contribution in [3.63, 3.8) is 0 Å². The van der Waals surface area contributed by atoms with Gasteiger partial charge < -0.3 is 14.8 Å². The summed E-state index contributed by atoms with van der Waals surface area (Å²) in [6.45, 7) is 7.84. The average molecular weight is 276 g/mol. The molecule has 4 heteroatoms. The van der Waals surface area contributed by atoms with Crippen LogP contribution >= 0.6 is 0 Å². The van der Waals surface area contributed by atoms with E-state index in [1.165, 1.54) is 30.1 Å². The molecule has 1 aliphatic heterocycles. The lowest BCUT2D eigenvalue weighted by molar-refractivity contribution is 0.260. The number of nitrogens with one attached hydrogen (secondary N) is 1. The third-order valence-electron chi connectivity index (χ3n) is 4.55. The molecule has 1 saturated carbocycles. The Morgan fingerprint density at radius 3 is 2.70 bits per heavy atom. The van der Waals surface area contributed by atoms with Crippen molar-refractivity contribution in [3.05, 3.63) is 17.2 Å². The number of hydrogen-bond donors (Lipinski definition) is 1. The van der Waals surface area contributed by atoms with E-state index in [4.69, 9.17) is 4.98 Å². The third kappa shape index (κ3) is 2.63. The summed E-state index contributed by atoms with van der Waals surface area (Å²) in [6.07, 6.45) is 3.79. The molecule has 0 saturated heterocycles. The number of imidazole rings is 1. The molecule has 1 atom stereocenters. The van der Waals surface area contributed by atoms with Crippen LogP contribution in [-0.4, -0.2) is 41.6 Å². The maximum absolute atomic E-state index is 5.01. The summed E-state index contributed by atoms with van der Waals surface area (Å²) in [5.41, 5.74) is 2.81. The van der Waals surface area contributed by atoms with E-state index in [1.54, 1.807) is 0 Å². The molecule has 1 aromatic heterocycles. The molecular weight excluding hydrogens is 248 g/mol. The molecule has 20 heavy (non-hydrogen) atoms. The number of rotatable bonds is 5. The largest absolute Gasteiger partial charge is 0.327 e. The van der Waals surface area contributed by atoms with Crippen LogP contribution in [0.3, 0.4) is 0 Å². The van der Waals surface area contributed by atoms with Crippen molar-refractivity contribution in [1.82, 2.24) is 19.8 Å². The fourth-order valence-electron chi connectivity index (χ4n) is 3.32. The number of likely N-dealkylation sites (N-methyl/N-ethyl adjacent to an activating group) is 1. The van der Waals surface area contributed by atoms with Gasteiger partial charge in [-0.2, -0.15) is 0 Å². The summed E-state index contributed by atoms with van der Waals surface area (Å²) in [4.78, 5) is 7.32. The lowest BCUT2D eigenvalue weighted by atomic mass is 10.0. The highest BCUT2D eigenvalue weighted by atomic mass is 15.2. The normalized spacial score (nSPS) is 20.5. The Morgan fingerprint density at radius 1 is 1.35 bits per heavy atom. The topological polar surface area (TPSA) is 33.1 Å². The van der Waals surface area contributed by atoms with Gasteiger partial charge in [-0.1, -0.05) is 13.8 Å². The van der Waals surface area contributed by atoms with Crippen molar-refractivity contribution in [2.24, 2.45) is 5.92 Å². The van der Waals surface area contributed by atoms with E-state index in [-0.39, 0.29) is 0 Å². The first-order chi connectivity index (χ1) is 9.58. The number of aromatic nitrogens is 2. The van der Waals surface area contributed by atoms with E-state index in [0.29, 0.717) is 12.0 Å². The van der Waals surface area contributed by atoms with Crippen LogP contribution in [0.15, 0.2) is 0 Å². The quantitative estimate of drug-likeness (QED) is 0.894. The highest BCUT2D eigenvalue weighted by molar-refractivity contribution is 5.25. The van der Waals surface area contributed by atoms with Gasteiger partial charge in [-0.15, -0.1) is 0 Å². The van der Waals surface area contributed by atoms with Crippen LogP contribution in [-0.2, 0) is 13.0 Å². The fourth-order valence-corrected chi connectivity index (χ4v) is 3.32. The predicted octanol–water partition coefficient (Wildman–Crippen LogP) is 2.16. The fraction of sp³-hybridized carbons (Fsp3) is 0.812. The maximum Gasteiger partial charge on any atom is 0.112 e. The minimum Gasteiger partial charge on any atom is -0.327 e. The third-order valence-corrected chi connectivity index (χ3v) is 4.55. The number of hydrogen-bond acceptors (Lipinski definition) is 3. The Balaban J connectivity index is 2.02. The minimum atomic E-state index is 0.551. The Hall–Kier alpha value is -0.870. The molecule has 1 aromatic rings. The molecule has 1 aliphatic carbocycles. The first kappa shape index (κ1) is 14.1. The Bertz CT molecular complexity index is 471. The second-order valence-corrected chi connectivity index (χ2v) is 7.01. The number of nitrogens with zero attached hydrogens (tertiary/aromatic N) is 3. The Labute approximate surface area is 122 Å². The highest BCUT2D eigenvalue weighted by Crippen LogP contribution is 2.42. The molecule has 1 fully saturated rings. The smallest absolute Gasteiger partial charge is 0.112 e. The van der Waals surface area contributed by atoms with Crippen LogP contribution in [0.4, 0.5) is 0 Å². The van der Waals surface area contributed by atoms with Gasteiger partial charge in [-0.05, 0) is 32.9 Å². The molecule has 0 spiro atoms. The molecule has 112 valence electrons. The zero-order chi connectivity index (χ0) is 14.3. The van der Waals surface area contributed by atoms with Gasteiger partial charge in [-0.3, -0.25) is 0 Å². The van der Waals surface area contributed by atoms with E-state index in [1.807, 2.05) is 0 Å². The van der Waals surface area contributed by atoms with Gasteiger partial charge in [0.05, 0.1) is 11.7 Å². The Morgan fingerprint density at radius 2 is 2.10 bits per heavy atom. The standard InChI is InChI=1S/C16H28N4/c1-11(2)15(10-19(3)4)20-14-7-8-17-9-13(14)18-16(20)12-5-6-12/h11-12,15,17H,5-10H2,1-4H3. The average Bonchev–Trinajstić information content (AvgIpc) is 3.17. The highest BCUT2D eigenvalue weighted by Gasteiger charge is 2.34. The molecule has 4 nitrogen and oxygen atoms in total. The second-order valence-electron chi connectivity index (χ2n) is 7.01. The SMILES string of the molecule is CC(C)C(CN(C)C)n1c(C2CC2)nc2c1CCNC2. The van der Waals surface area contributed by atoms with Gasteiger partial charge in [0.2, 0.25) is 0 Å². The van der Waals surface area contributed by atoms with Crippen molar-refractivity contribution in [2.45, 2.75) is 51.6 Å². The number of fused-ring (bicyclic) bond motifs is 1. The van der Waals surface area contributed by atoms with Gasteiger partial charge >= 0.3 is 0 Å². The van der Waals surface area contributed by atoms with E-state index >= 15 is 0 Å². The summed E-state index contributed by atoms with van der Waals surface area (Å²) in [7, 11) is 4.36. The van der Waals surface area contributed by atoms with Crippen molar-refractivity contribution >= 4 is 0 Å². The summed E-state index contributed by atoms with van der Waals surface area (Å²) in [5.74, 6) is 2.74. The van der Waals surface area contributed by atoms with E-state index in [0.717, 1.165) is 32.0 Å². The molecule has 0 aromatic carbocycles. The summed E-state index contributed by atoms with van der Waals surface area (Å²) in [6, 6.07) is 0.551. The second kappa shape index (κ2) is 5.49. The Kier molecular flexibility index (Phi) is 3.87. The summed E-state index contributed by atoms with van der Waals surface area (Å²) in [5, 5.41) is 3.46. The lowest BCUT2D eigenvalue weighted by Gasteiger charge is -2.30. The summed E-state index contributed by atoms with van der Waals surface area (Å²) < 4.78 is 2.62. The van der Waals surface area contributed by atoms with Crippen LogP contribution in [0.5, 0.6) is 0 Å². The predicted molar refractivity (Wildman–Crippen MR) is 82.0 cm³/mol.